The number of hydrogen-bond donors (Lipinski definition) is 1. The highest BCUT2D eigenvalue weighted by Crippen LogP contribution is 2.21. The number of amides is 1. The quantitative estimate of drug-likeness (QED) is 0.725. The number of nitrogens with zero attached hydrogens (tertiary/aromatic N) is 1. The van der Waals surface area contributed by atoms with Gasteiger partial charge in [-0.15, -0.1) is 0 Å². The van der Waals surface area contributed by atoms with Crippen LogP contribution in [0.4, 0.5) is 10.1 Å². The van der Waals surface area contributed by atoms with Crippen LogP contribution in [-0.2, 0) is 19.6 Å². The van der Waals surface area contributed by atoms with Crippen molar-refractivity contribution < 1.29 is 27.1 Å². The fraction of sp³-hybridized carbons (Fsp3) is 0.222. The van der Waals surface area contributed by atoms with Crippen LogP contribution in [0.5, 0.6) is 0 Å². The Kier molecular flexibility index (Phi) is 6.65. The fourth-order valence-corrected chi connectivity index (χ4v) is 3.45. The molecule has 27 heavy (non-hydrogen) atoms. The Morgan fingerprint density at radius 2 is 1.74 bits per heavy atom. The molecule has 0 aromatic heterocycles. The van der Waals surface area contributed by atoms with Crippen LogP contribution in [0.3, 0.4) is 0 Å². The molecule has 0 atom stereocenters. The highest BCUT2D eigenvalue weighted by molar-refractivity contribution is 7.89. The summed E-state index contributed by atoms with van der Waals surface area (Å²) in [5.41, 5.74) is 0.509. The number of nitrogens with one attached hydrogen (secondary N) is 1. The number of anilines is 1. The van der Waals surface area contributed by atoms with E-state index in [-0.39, 0.29) is 29.5 Å². The van der Waals surface area contributed by atoms with Gasteiger partial charge < -0.3 is 9.64 Å². The van der Waals surface area contributed by atoms with Gasteiger partial charge in [0, 0.05) is 20.0 Å². The Morgan fingerprint density at radius 1 is 1.11 bits per heavy atom. The number of methoxy groups -OCH3 is 1. The molecule has 1 amide bonds. The van der Waals surface area contributed by atoms with Crippen LogP contribution in [0.1, 0.15) is 17.3 Å². The summed E-state index contributed by atoms with van der Waals surface area (Å²) in [7, 11) is -2.63. The third-order valence-corrected chi connectivity index (χ3v) is 5.21. The lowest BCUT2D eigenvalue weighted by atomic mass is 10.1. The Labute approximate surface area is 156 Å². The topological polar surface area (TPSA) is 92.8 Å². The normalized spacial score (nSPS) is 11.1. The van der Waals surface area contributed by atoms with Crippen molar-refractivity contribution in [1.29, 1.82) is 0 Å². The van der Waals surface area contributed by atoms with Crippen molar-refractivity contribution in [2.45, 2.75) is 11.8 Å². The molecular weight excluding hydrogens is 375 g/mol. The SMILES string of the molecule is COC(=O)c1ccccc1N(CCNS(=O)(=O)c1ccc(F)cc1)C(C)=O. The van der Waals surface area contributed by atoms with Crippen molar-refractivity contribution in [2.75, 3.05) is 25.1 Å². The number of carbonyl (C=O) groups is 2. The average molecular weight is 394 g/mol. The van der Waals surface area contributed by atoms with Gasteiger partial charge in [-0.05, 0) is 36.4 Å². The largest absolute Gasteiger partial charge is 0.465 e. The fourth-order valence-electron chi connectivity index (χ4n) is 2.43. The van der Waals surface area contributed by atoms with E-state index in [1.807, 2.05) is 0 Å². The molecule has 9 heteroatoms. The first-order valence-electron chi connectivity index (χ1n) is 7.97. The Morgan fingerprint density at radius 3 is 2.33 bits per heavy atom. The lowest BCUT2D eigenvalue weighted by Gasteiger charge is -2.23. The van der Waals surface area contributed by atoms with Gasteiger partial charge in [-0.3, -0.25) is 4.79 Å². The molecule has 2 rings (SSSR count). The van der Waals surface area contributed by atoms with Crippen molar-refractivity contribution >= 4 is 27.6 Å². The van der Waals surface area contributed by atoms with E-state index in [4.69, 9.17) is 4.74 Å². The smallest absolute Gasteiger partial charge is 0.339 e. The van der Waals surface area contributed by atoms with E-state index >= 15 is 0 Å². The minimum atomic E-state index is -3.86. The van der Waals surface area contributed by atoms with Gasteiger partial charge in [0.2, 0.25) is 15.9 Å². The number of rotatable bonds is 7. The van der Waals surface area contributed by atoms with Gasteiger partial charge in [-0.1, -0.05) is 12.1 Å². The van der Waals surface area contributed by atoms with E-state index in [1.54, 1.807) is 18.2 Å². The van der Waals surface area contributed by atoms with Gasteiger partial charge in [-0.2, -0.15) is 0 Å². The summed E-state index contributed by atoms with van der Waals surface area (Å²) in [6, 6.07) is 10.7. The second-order valence-electron chi connectivity index (χ2n) is 5.53. The minimum Gasteiger partial charge on any atom is -0.465 e. The molecule has 0 saturated heterocycles. The molecule has 0 spiro atoms. The lowest BCUT2D eigenvalue weighted by Crippen LogP contribution is -2.38. The molecule has 0 bridgehead atoms. The predicted molar refractivity (Wildman–Crippen MR) is 97.4 cm³/mol. The van der Waals surface area contributed by atoms with E-state index in [2.05, 4.69) is 4.72 Å². The van der Waals surface area contributed by atoms with Crippen molar-refractivity contribution in [3.63, 3.8) is 0 Å². The molecule has 0 radical (unpaired) electrons. The summed E-state index contributed by atoms with van der Waals surface area (Å²) in [6.07, 6.45) is 0. The van der Waals surface area contributed by atoms with Crippen LogP contribution in [-0.4, -0.2) is 40.5 Å². The zero-order chi connectivity index (χ0) is 20.0. The molecule has 0 aliphatic heterocycles. The van der Waals surface area contributed by atoms with Gasteiger partial charge in [0.25, 0.3) is 0 Å². The van der Waals surface area contributed by atoms with E-state index in [9.17, 15) is 22.4 Å². The van der Waals surface area contributed by atoms with E-state index < -0.39 is 21.8 Å². The minimum absolute atomic E-state index is 0.0102. The van der Waals surface area contributed by atoms with Crippen LogP contribution in [0.2, 0.25) is 0 Å². The molecule has 0 heterocycles. The number of carbonyl (C=O) groups excluding carboxylic acids is 2. The first-order chi connectivity index (χ1) is 12.8. The number of ether oxygens (including phenoxy) is 1. The number of hydrogen-bond acceptors (Lipinski definition) is 5. The molecule has 0 fully saturated rings. The second-order valence-corrected chi connectivity index (χ2v) is 7.30. The third kappa shape index (κ3) is 5.11. The van der Waals surface area contributed by atoms with Crippen LogP contribution < -0.4 is 9.62 Å². The van der Waals surface area contributed by atoms with E-state index in [0.29, 0.717) is 5.69 Å². The van der Waals surface area contributed by atoms with Crippen LogP contribution in [0.15, 0.2) is 53.4 Å². The molecule has 0 aliphatic carbocycles. The van der Waals surface area contributed by atoms with Gasteiger partial charge in [0.1, 0.15) is 5.82 Å². The number of para-hydroxylation sites is 1. The molecule has 144 valence electrons. The van der Waals surface area contributed by atoms with Gasteiger partial charge >= 0.3 is 5.97 Å². The number of esters is 1. The van der Waals surface area contributed by atoms with Crippen LogP contribution in [0, 0.1) is 5.82 Å². The highest BCUT2D eigenvalue weighted by atomic mass is 32.2. The molecule has 1 N–H and O–H groups in total. The highest BCUT2D eigenvalue weighted by Gasteiger charge is 2.20. The Hall–Kier alpha value is -2.78. The average Bonchev–Trinajstić information content (AvgIpc) is 2.64. The van der Waals surface area contributed by atoms with Crippen molar-refractivity contribution in [3.8, 4) is 0 Å². The standard InChI is InChI=1S/C18H19FN2O5S/c1-13(22)21(17-6-4-3-5-16(17)18(23)26-2)12-11-20-27(24,25)15-9-7-14(19)8-10-15/h3-10,20H,11-12H2,1-2H3. The summed E-state index contributed by atoms with van der Waals surface area (Å²) in [4.78, 5) is 25.1. The molecule has 0 aliphatic rings. The van der Waals surface area contributed by atoms with Crippen molar-refractivity contribution in [3.05, 3.63) is 59.9 Å². The van der Waals surface area contributed by atoms with Crippen molar-refractivity contribution in [1.82, 2.24) is 4.72 Å². The van der Waals surface area contributed by atoms with Crippen molar-refractivity contribution in [2.24, 2.45) is 0 Å². The summed E-state index contributed by atoms with van der Waals surface area (Å²) in [6.45, 7) is 1.20. The molecule has 7 nitrogen and oxygen atoms in total. The molecule has 0 unspecified atom stereocenters. The molecule has 2 aromatic rings. The first kappa shape index (κ1) is 20.5. The molecular formula is C18H19FN2O5S. The molecule has 2 aromatic carbocycles. The Balaban J connectivity index is 2.16. The number of halogens is 1. The summed E-state index contributed by atoms with van der Waals surface area (Å²) in [5.74, 6) is -1.52. The Bertz CT molecular complexity index is 929. The van der Waals surface area contributed by atoms with E-state index in [1.165, 1.54) is 25.0 Å². The maximum absolute atomic E-state index is 12.9. The summed E-state index contributed by atoms with van der Waals surface area (Å²) < 4.78 is 44.5. The van der Waals surface area contributed by atoms with E-state index in [0.717, 1.165) is 24.3 Å². The molecule has 0 saturated carbocycles. The predicted octanol–water partition coefficient (Wildman–Crippen LogP) is 1.94. The second kappa shape index (κ2) is 8.74. The number of sulfonamides is 1. The maximum Gasteiger partial charge on any atom is 0.339 e. The lowest BCUT2D eigenvalue weighted by molar-refractivity contribution is -0.116. The van der Waals surface area contributed by atoms with Crippen LogP contribution >= 0.6 is 0 Å². The van der Waals surface area contributed by atoms with Gasteiger partial charge in [0.15, 0.2) is 0 Å². The monoisotopic (exact) mass is 394 g/mol. The first-order valence-corrected chi connectivity index (χ1v) is 9.45. The third-order valence-electron chi connectivity index (χ3n) is 3.73. The van der Waals surface area contributed by atoms with Crippen LogP contribution in [0.25, 0.3) is 0 Å². The zero-order valence-corrected chi connectivity index (χ0v) is 15.6. The van der Waals surface area contributed by atoms with Gasteiger partial charge in [0.05, 0.1) is 23.3 Å². The zero-order valence-electron chi connectivity index (χ0n) is 14.8. The summed E-state index contributed by atoms with van der Waals surface area (Å²) >= 11 is 0. The maximum atomic E-state index is 12.9. The summed E-state index contributed by atoms with van der Waals surface area (Å²) in [5, 5.41) is 0. The van der Waals surface area contributed by atoms with Gasteiger partial charge in [-0.25, -0.2) is 22.3 Å². The number of benzene rings is 2.